The van der Waals surface area contributed by atoms with Gasteiger partial charge < -0.3 is 4.74 Å². The summed E-state index contributed by atoms with van der Waals surface area (Å²) in [5, 5.41) is 0. The molecule has 0 aromatic rings. The van der Waals surface area contributed by atoms with Crippen molar-refractivity contribution in [2.75, 3.05) is 0 Å². The van der Waals surface area contributed by atoms with Crippen molar-refractivity contribution in [3.05, 3.63) is 0 Å². The van der Waals surface area contributed by atoms with Crippen LogP contribution in [0.25, 0.3) is 0 Å². The van der Waals surface area contributed by atoms with Gasteiger partial charge in [-0.1, -0.05) is 6.92 Å². The molecule has 0 fully saturated rings. The molecule has 0 aliphatic carbocycles. The molecular weight excluding hydrogens is 359 g/mol. The Kier molecular flexibility index (Phi) is 5.69. The van der Waals surface area contributed by atoms with Crippen molar-refractivity contribution in [2.45, 2.75) is 65.2 Å². The molecule has 0 aliphatic rings. The van der Waals surface area contributed by atoms with Gasteiger partial charge in [-0.05, 0) is 34.1 Å². The minimum atomic E-state index is -6.80. The minimum absolute atomic E-state index is 0.0505. The van der Waals surface area contributed by atoms with Crippen LogP contribution in [-0.2, 0) is 9.53 Å². The third-order valence-corrected chi connectivity index (χ3v) is 3.96. The van der Waals surface area contributed by atoms with E-state index in [1.54, 1.807) is 0 Å². The van der Waals surface area contributed by atoms with E-state index in [0.29, 0.717) is 0 Å². The zero-order chi connectivity index (χ0) is 20.0. The van der Waals surface area contributed by atoms with Crippen LogP contribution in [0, 0.1) is 10.8 Å². The molecular formula is C13H17F9O2. The number of hydrogen-bond acceptors (Lipinski definition) is 2. The standard InChI is InChI=1S/C13H17F9O2/c1-6-8(2,3)7(23)24-9(4,5)10(11(14,15)16,12(17,18)19)13(20,21)22/h6H2,1-5H3. The lowest BCUT2D eigenvalue weighted by Gasteiger charge is -2.48. The van der Waals surface area contributed by atoms with Crippen LogP contribution in [0.2, 0.25) is 0 Å². The Morgan fingerprint density at radius 3 is 1.25 bits per heavy atom. The Balaban J connectivity index is 6.51. The van der Waals surface area contributed by atoms with E-state index >= 15 is 0 Å². The molecule has 0 rings (SSSR count). The summed E-state index contributed by atoms with van der Waals surface area (Å²) in [7, 11) is 0. The number of carbonyl (C=O) groups excluding carboxylic acids is 1. The van der Waals surface area contributed by atoms with Crippen molar-refractivity contribution < 1.29 is 49.0 Å². The first kappa shape index (κ1) is 22.8. The van der Waals surface area contributed by atoms with Crippen molar-refractivity contribution in [3.8, 4) is 0 Å². The predicted octanol–water partition coefficient (Wildman–Crippen LogP) is 5.42. The maximum Gasteiger partial charge on any atom is 0.416 e. The van der Waals surface area contributed by atoms with Crippen molar-refractivity contribution in [3.63, 3.8) is 0 Å². The van der Waals surface area contributed by atoms with Crippen LogP contribution in [0.5, 0.6) is 0 Å². The Morgan fingerprint density at radius 1 is 0.750 bits per heavy atom. The molecule has 0 aliphatic heterocycles. The second-order valence-corrected chi connectivity index (χ2v) is 6.38. The molecule has 0 aromatic heterocycles. The van der Waals surface area contributed by atoms with Gasteiger partial charge in [0.1, 0.15) is 5.60 Å². The van der Waals surface area contributed by atoms with E-state index in [0.717, 1.165) is 13.8 Å². The summed E-state index contributed by atoms with van der Waals surface area (Å²) in [4.78, 5) is 11.8. The maximum atomic E-state index is 13.1. The molecule has 0 atom stereocenters. The summed E-state index contributed by atoms with van der Waals surface area (Å²) >= 11 is 0. The third kappa shape index (κ3) is 3.44. The third-order valence-electron chi connectivity index (χ3n) is 3.96. The molecule has 0 saturated carbocycles. The highest BCUT2D eigenvalue weighted by molar-refractivity contribution is 5.76. The van der Waals surface area contributed by atoms with Crippen LogP contribution in [0.15, 0.2) is 0 Å². The van der Waals surface area contributed by atoms with Gasteiger partial charge in [0.15, 0.2) is 0 Å². The molecule has 11 heteroatoms. The predicted molar refractivity (Wildman–Crippen MR) is 64.8 cm³/mol. The van der Waals surface area contributed by atoms with Gasteiger partial charge in [-0.15, -0.1) is 0 Å². The van der Waals surface area contributed by atoms with E-state index in [4.69, 9.17) is 0 Å². The fraction of sp³-hybridized carbons (Fsp3) is 0.923. The number of esters is 1. The minimum Gasteiger partial charge on any atom is -0.458 e. The average Bonchev–Trinajstić information content (AvgIpc) is 2.21. The van der Waals surface area contributed by atoms with Crippen LogP contribution in [0.4, 0.5) is 39.5 Å². The number of alkyl halides is 9. The van der Waals surface area contributed by atoms with Crippen LogP contribution in [0.1, 0.15) is 41.0 Å². The van der Waals surface area contributed by atoms with Crippen molar-refractivity contribution in [1.82, 2.24) is 0 Å². The quantitative estimate of drug-likeness (QED) is 0.484. The number of ether oxygens (including phenoxy) is 1. The highest BCUT2D eigenvalue weighted by Gasteiger charge is 2.90. The summed E-state index contributed by atoms with van der Waals surface area (Å²) in [6, 6.07) is 0. The van der Waals surface area contributed by atoms with Crippen molar-refractivity contribution in [1.29, 1.82) is 0 Å². The highest BCUT2D eigenvalue weighted by atomic mass is 19.4. The van der Waals surface area contributed by atoms with E-state index < -0.39 is 40.9 Å². The molecule has 144 valence electrons. The van der Waals surface area contributed by atoms with E-state index in [9.17, 15) is 44.3 Å². The molecule has 2 nitrogen and oxygen atoms in total. The Bertz CT molecular complexity index is 433. The van der Waals surface area contributed by atoms with Gasteiger partial charge in [0.05, 0.1) is 5.41 Å². The van der Waals surface area contributed by atoms with E-state index in [1.165, 1.54) is 6.92 Å². The van der Waals surface area contributed by atoms with Crippen LogP contribution in [-0.4, -0.2) is 30.1 Å². The summed E-state index contributed by atoms with van der Waals surface area (Å²) in [6.45, 7) is 3.53. The average molecular weight is 376 g/mol. The SMILES string of the molecule is CCC(C)(C)C(=O)OC(C)(C)C(C(F)(F)F)(C(F)(F)F)C(F)(F)F. The monoisotopic (exact) mass is 376 g/mol. The number of rotatable bonds is 4. The van der Waals surface area contributed by atoms with Gasteiger partial charge in [-0.3, -0.25) is 4.79 Å². The van der Waals surface area contributed by atoms with Gasteiger partial charge in [0, 0.05) is 0 Å². The fourth-order valence-corrected chi connectivity index (χ4v) is 2.10. The summed E-state index contributed by atoms with van der Waals surface area (Å²) in [6.07, 6.45) is -20.5. The molecule has 0 amide bonds. The van der Waals surface area contributed by atoms with Gasteiger partial charge in [0.2, 0.25) is 0 Å². The van der Waals surface area contributed by atoms with E-state index in [1.807, 2.05) is 0 Å². The number of hydrogen-bond donors (Lipinski definition) is 0. The Morgan fingerprint density at radius 2 is 1.04 bits per heavy atom. The van der Waals surface area contributed by atoms with Crippen LogP contribution < -0.4 is 0 Å². The van der Waals surface area contributed by atoms with Crippen molar-refractivity contribution >= 4 is 5.97 Å². The van der Waals surface area contributed by atoms with Crippen LogP contribution >= 0.6 is 0 Å². The molecule has 24 heavy (non-hydrogen) atoms. The smallest absolute Gasteiger partial charge is 0.416 e. The Labute approximate surface area is 132 Å². The Hall–Kier alpha value is -1.16. The first-order chi connectivity index (χ1) is 10.2. The molecule has 0 radical (unpaired) electrons. The first-order valence-electron chi connectivity index (χ1n) is 6.62. The molecule has 0 unspecified atom stereocenters. The lowest BCUT2D eigenvalue weighted by atomic mass is 9.70. The zero-order valence-electron chi connectivity index (χ0n) is 13.4. The maximum absolute atomic E-state index is 13.1. The van der Waals surface area contributed by atoms with Gasteiger partial charge in [-0.2, -0.15) is 39.5 Å². The molecule has 0 heterocycles. The zero-order valence-corrected chi connectivity index (χ0v) is 13.4. The van der Waals surface area contributed by atoms with Gasteiger partial charge in [-0.25, -0.2) is 0 Å². The molecule has 0 aromatic carbocycles. The lowest BCUT2D eigenvalue weighted by Crippen LogP contribution is -2.71. The summed E-state index contributed by atoms with van der Waals surface area (Å²) < 4.78 is 122. The van der Waals surface area contributed by atoms with Crippen LogP contribution in [0.3, 0.4) is 0 Å². The fourth-order valence-electron chi connectivity index (χ4n) is 2.10. The largest absolute Gasteiger partial charge is 0.458 e. The molecule has 0 spiro atoms. The lowest BCUT2D eigenvalue weighted by molar-refractivity contribution is -0.462. The molecule has 0 saturated heterocycles. The van der Waals surface area contributed by atoms with Crippen molar-refractivity contribution in [2.24, 2.45) is 10.8 Å². The van der Waals surface area contributed by atoms with E-state index in [-0.39, 0.29) is 20.3 Å². The summed E-state index contributed by atoms with van der Waals surface area (Å²) in [5.41, 5.74) is -11.8. The normalized spacial score (nSPS) is 15.4. The highest BCUT2D eigenvalue weighted by Crippen LogP contribution is 2.65. The topological polar surface area (TPSA) is 26.3 Å². The summed E-state index contributed by atoms with van der Waals surface area (Å²) in [5.74, 6) is -1.60. The van der Waals surface area contributed by atoms with Gasteiger partial charge in [0.25, 0.3) is 5.41 Å². The first-order valence-corrected chi connectivity index (χ1v) is 6.62. The van der Waals surface area contributed by atoms with E-state index in [2.05, 4.69) is 4.74 Å². The van der Waals surface area contributed by atoms with Gasteiger partial charge >= 0.3 is 24.5 Å². The molecule has 0 bridgehead atoms. The number of carbonyl (C=O) groups is 1. The second kappa shape index (κ2) is 5.98. The molecule has 0 N–H and O–H groups in total. The number of halogens is 9. The second-order valence-electron chi connectivity index (χ2n) is 6.38.